The quantitative estimate of drug-likeness (QED) is 0.850. The van der Waals surface area contributed by atoms with E-state index in [1.807, 2.05) is 4.90 Å². The standard InChI is InChI=1S/C19H22FN3O/c1-13-5-2-3-10-23(13)15-11-22(12-15)19(24)17-9-8-14-6-4-7-16(20)18(14)21-17/h4,6-9,13,15H,2-3,5,10-12H2,1H3/t13-/m1/s1. The zero-order valence-corrected chi connectivity index (χ0v) is 13.9. The van der Waals surface area contributed by atoms with Crippen molar-refractivity contribution in [3.05, 3.63) is 41.8 Å². The number of piperidine rings is 1. The predicted octanol–water partition coefficient (Wildman–Crippen LogP) is 3.07. The van der Waals surface area contributed by atoms with E-state index in [0.29, 0.717) is 17.8 Å². The van der Waals surface area contributed by atoms with Crippen molar-refractivity contribution in [3.63, 3.8) is 0 Å². The predicted molar refractivity (Wildman–Crippen MR) is 91.4 cm³/mol. The summed E-state index contributed by atoms with van der Waals surface area (Å²) in [5.74, 6) is -0.480. The van der Waals surface area contributed by atoms with Gasteiger partial charge in [0.25, 0.3) is 5.91 Å². The third-order valence-electron chi connectivity index (χ3n) is 5.36. The van der Waals surface area contributed by atoms with Crippen molar-refractivity contribution in [2.24, 2.45) is 0 Å². The van der Waals surface area contributed by atoms with Gasteiger partial charge in [0, 0.05) is 30.6 Å². The number of amides is 1. The number of carbonyl (C=O) groups excluding carboxylic acids is 1. The molecule has 2 saturated heterocycles. The van der Waals surface area contributed by atoms with Crippen molar-refractivity contribution in [2.75, 3.05) is 19.6 Å². The van der Waals surface area contributed by atoms with Gasteiger partial charge in [-0.1, -0.05) is 24.6 Å². The van der Waals surface area contributed by atoms with E-state index in [9.17, 15) is 9.18 Å². The maximum absolute atomic E-state index is 13.9. The van der Waals surface area contributed by atoms with Crippen LogP contribution in [0.1, 0.15) is 36.7 Å². The minimum Gasteiger partial charge on any atom is -0.334 e. The molecule has 0 bridgehead atoms. The summed E-state index contributed by atoms with van der Waals surface area (Å²) in [6, 6.07) is 9.36. The Bertz CT molecular complexity index is 772. The van der Waals surface area contributed by atoms with Crippen LogP contribution in [0.2, 0.25) is 0 Å². The fourth-order valence-electron chi connectivity index (χ4n) is 3.89. The van der Waals surface area contributed by atoms with Crippen molar-refractivity contribution < 1.29 is 9.18 Å². The van der Waals surface area contributed by atoms with E-state index < -0.39 is 0 Å². The summed E-state index contributed by atoms with van der Waals surface area (Å²) in [7, 11) is 0. The van der Waals surface area contributed by atoms with Gasteiger partial charge in [0.1, 0.15) is 17.0 Å². The van der Waals surface area contributed by atoms with Crippen molar-refractivity contribution >= 4 is 16.8 Å². The van der Waals surface area contributed by atoms with Crippen LogP contribution in [0, 0.1) is 5.82 Å². The van der Waals surface area contributed by atoms with Gasteiger partial charge in [-0.05, 0) is 38.4 Å². The molecule has 0 radical (unpaired) electrons. The molecule has 0 unspecified atom stereocenters. The molecular formula is C19H22FN3O. The molecule has 3 heterocycles. The van der Waals surface area contributed by atoms with E-state index in [4.69, 9.17) is 0 Å². The Kier molecular flexibility index (Phi) is 3.96. The smallest absolute Gasteiger partial charge is 0.272 e. The normalized spacial score (nSPS) is 22.6. The molecule has 24 heavy (non-hydrogen) atoms. The van der Waals surface area contributed by atoms with Gasteiger partial charge < -0.3 is 4.90 Å². The van der Waals surface area contributed by atoms with Gasteiger partial charge >= 0.3 is 0 Å². The first-order chi connectivity index (χ1) is 11.6. The third-order valence-corrected chi connectivity index (χ3v) is 5.36. The van der Waals surface area contributed by atoms with Crippen LogP contribution in [0.5, 0.6) is 0 Å². The summed E-state index contributed by atoms with van der Waals surface area (Å²) < 4.78 is 13.9. The van der Waals surface area contributed by atoms with Crippen molar-refractivity contribution in [1.82, 2.24) is 14.8 Å². The van der Waals surface area contributed by atoms with Gasteiger partial charge in [0.2, 0.25) is 0 Å². The minimum atomic E-state index is -0.384. The fraction of sp³-hybridized carbons (Fsp3) is 0.474. The highest BCUT2D eigenvalue weighted by Gasteiger charge is 2.38. The van der Waals surface area contributed by atoms with E-state index in [1.54, 1.807) is 24.3 Å². The number of pyridine rings is 1. The molecule has 2 aromatic rings. The first-order valence-electron chi connectivity index (χ1n) is 8.74. The number of hydrogen-bond donors (Lipinski definition) is 0. The second-order valence-electron chi connectivity index (χ2n) is 6.95. The third kappa shape index (κ3) is 2.67. The Balaban J connectivity index is 1.46. The Morgan fingerprint density at radius 3 is 2.83 bits per heavy atom. The van der Waals surface area contributed by atoms with E-state index in [1.165, 1.54) is 25.3 Å². The number of nitrogens with zero attached hydrogens (tertiary/aromatic N) is 3. The number of rotatable bonds is 2. The summed E-state index contributed by atoms with van der Waals surface area (Å²) in [6.45, 7) is 4.91. The van der Waals surface area contributed by atoms with Crippen LogP contribution < -0.4 is 0 Å². The van der Waals surface area contributed by atoms with Crippen LogP contribution in [-0.4, -0.2) is 52.4 Å². The molecule has 0 spiro atoms. The molecule has 1 aromatic heterocycles. The van der Waals surface area contributed by atoms with Crippen LogP contribution in [0.3, 0.4) is 0 Å². The lowest BCUT2D eigenvalue weighted by Crippen LogP contribution is -2.63. The lowest BCUT2D eigenvalue weighted by Gasteiger charge is -2.49. The SMILES string of the molecule is C[C@@H]1CCCCN1C1CN(C(=O)c2ccc3cccc(F)c3n2)C1. The van der Waals surface area contributed by atoms with Gasteiger partial charge in [-0.25, -0.2) is 9.37 Å². The van der Waals surface area contributed by atoms with E-state index in [-0.39, 0.29) is 17.2 Å². The lowest BCUT2D eigenvalue weighted by molar-refractivity contribution is 0.00183. The molecule has 1 amide bonds. The number of aromatic nitrogens is 1. The van der Waals surface area contributed by atoms with Crippen LogP contribution in [0.15, 0.2) is 30.3 Å². The molecule has 126 valence electrons. The number of hydrogen-bond acceptors (Lipinski definition) is 3. The topological polar surface area (TPSA) is 36.4 Å². The molecule has 0 saturated carbocycles. The van der Waals surface area contributed by atoms with Crippen molar-refractivity contribution in [2.45, 2.75) is 38.3 Å². The maximum atomic E-state index is 13.9. The maximum Gasteiger partial charge on any atom is 0.272 e. The van der Waals surface area contributed by atoms with Crippen molar-refractivity contribution in [1.29, 1.82) is 0 Å². The van der Waals surface area contributed by atoms with Crippen molar-refractivity contribution in [3.8, 4) is 0 Å². The average molecular weight is 327 g/mol. The van der Waals surface area contributed by atoms with Gasteiger partial charge in [-0.2, -0.15) is 0 Å². The Morgan fingerprint density at radius 2 is 2.04 bits per heavy atom. The van der Waals surface area contributed by atoms with E-state index in [0.717, 1.165) is 25.0 Å². The molecule has 1 atom stereocenters. The highest BCUT2D eigenvalue weighted by molar-refractivity contribution is 5.95. The fourth-order valence-corrected chi connectivity index (χ4v) is 3.89. The highest BCUT2D eigenvalue weighted by Crippen LogP contribution is 2.25. The minimum absolute atomic E-state index is 0.0962. The molecule has 1 aromatic carbocycles. The molecule has 0 aliphatic carbocycles. The second kappa shape index (κ2) is 6.13. The molecule has 4 rings (SSSR count). The Labute approximate surface area is 141 Å². The molecule has 5 heteroatoms. The molecule has 2 aliphatic heterocycles. The van der Waals surface area contributed by atoms with Crippen LogP contribution >= 0.6 is 0 Å². The Hall–Kier alpha value is -2.01. The summed E-state index contributed by atoms with van der Waals surface area (Å²) in [5.41, 5.74) is 0.600. The van der Waals surface area contributed by atoms with Gasteiger partial charge in [-0.3, -0.25) is 9.69 Å². The monoisotopic (exact) mass is 327 g/mol. The summed E-state index contributed by atoms with van der Waals surface area (Å²) in [6.07, 6.45) is 3.80. The molecule has 2 fully saturated rings. The van der Waals surface area contributed by atoms with Gasteiger partial charge in [0.15, 0.2) is 0 Å². The number of carbonyl (C=O) groups is 1. The lowest BCUT2D eigenvalue weighted by atomic mass is 9.97. The number of para-hydroxylation sites is 1. The summed E-state index contributed by atoms with van der Waals surface area (Å²) >= 11 is 0. The Morgan fingerprint density at radius 1 is 1.21 bits per heavy atom. The number of benzene rings is 1. The summed E-state index contributed by atoms with van der Waals surface area (Å²) in [4.78, 5) is 21.2. The number of halogens is 1. The van der Waals surface area contributed by atoms with E-state index >= 15 is 0 Å². The van der Waals surface area contributed by atoms with Gasteiger partial charge in [0.05, 0.1) is 0 Å². The molecule has 0 N–H and O–H groups in total. The second-order valence-corrected chi connectivity index (χ2v) is 6.95. The zero-order chi connectivity index (χ0) is 16.7. The van der Waals surface area contributed by atoms with Gasteiger partial charge in [-0.15, -0.1) is 0 Å². The molecule has 4 nitrogen and oxygen atoms in total. The summed E-state index contributed by atoms with van der Waals surface area (Å²) in [5, 5.41) is 0.718. The highest BCUT2D eigenvalue weighted by atomic mass is 19.1. The first-order valence-corrected chi connectivity index (χ1v) is 8.74. The number of likely N-dealkylation sites (tertiary alicyclic amines) is 2. The van der Waals surface area contributed by atoms with Crippen LogP contribution in [0.4, 0.5) is 4.39 Å². The molecule has 2 aliphatic rings. The largest absolute Gasteiger partial charge is 0.334 e. The number of fused-ring (bicyclic) bond motifs is 1. The van der Waals surface area contributed by atoms with Crippen LogP contribution in [0.25, 0.3) is 10.9 Å². The average Bonchev–Trinajstić information content (AvgIpc) is 2.55. The first kappa shape index (κ1) is 15.5. The van der Waals surface area contributed by atoms with E-state index in [2.05, 4.69) is 16.8 Å². The molecular weight excluding hydrogens is 305 g/mol. The zero-order valence-electron chi connectivity index (χ0n) is 13.9. The van der Waals surface area contributed by atoms with Crippen LogP contribution in [-0.2, 0) is 0 Å².